The standard InChI is InChI=1S/C12H9ClN2O2/c13-11-10(2-1-7-14-11)12(17)15-8-3-5-9(16)6-4-8/h1-7,16H,(H,15,17). The topological polar surface area (TPSA) is 62.2 Å². The minimum absolute atomic E-state index is 0.141. The zero-order valence-corrected chi connectivity index (χ0v) is 9.48. The summed E-state index contributed by atoms with van der Waals surface area (Å²) in [6.45, 7) is 0. The number of rotatable bonds is 2. The highest BCUT2D eigenvalue weighted by Gasteiger charge is 2.10. The molecular formula is C12H9ClN2O2. The molecule has 0 saturated carbocycles. The fraction of sp³-hybridized carbons (Fsp3) is 0. The average molecular weight is 249 g/mol. The van der Waals surface area contributed by atoms with Gasteiger partial charge in [0.25, 0.3) is 5.91 Å². The SMILES string of the molecule is O=C(Nc1ccc(O)cc1)c1cccnc1Cl. The molecule has 0 atom stereocenters. The summed E-state index contributed by atoms with van der Waals surface area (Å²) in [6, 6.07) is 9.39. The number of anilines is 1. The number of nitrogens with one attached hydrogen (secondary N) is 1. The second-order valence-electron chi connectivity index (χ2n) is 3.34. The van der Waals surface area contributed by atoms with Crippen LogP contribution in [0, 0.1) is 0 Å². The Morgan fingerprint density at radius 2 is 1.94 bits per heavy atom. The summed E-state index contributed by atoms with van der Waals surface area (Å²) in [4.78, 5) is 15.6. The molecule has 2 N–H and O–H groups in total. The van der Waals surface area contributed by atoms with E-state index in [1.807, 2.05) is 0 Å². The van der Waals surface area contributed by atoms with Gasteiger partial charge < -0.3 is 10.4 Å². The monoisotopic (exact) mass is 248 g/mol. The molecular weight excluding hydrogens is 240 g/mol. The van der Waals surface area contributed by atoms with E-state index in [1.54, 1.807) is 24.3 Å². The summed E-state index contributed by atoms with van der Waals surface area (Å²) in [6.07, 6.45) is 1.51. The van der Waals surface area contributed by atoms with Gasteiger partial charge in [0.05, 0.1) is 5.56 Å². The minimum Gasteiger partial charge on any atom is -0.508 e. The predicted molar refractivity (Wildman–Crippen MR) is 65.3 cm³/mol. The van der Waals surface area contributed by atoms with E-state index in [9.17, 15) is 4.79 Å². The van der Waals surface area contributed by atoms with Crippen LogP contribution in [0.1, 0.15) is 10.4 Å². The molecule has 1 heterocycles. The van der Waals surface area contributed by atoms with Gasteiger partial charge >= 0.3 is 0 Å². The molecule has 1 amide bonds. The predicted octanol–water partition coefficient (Wildman–Crippen LogP) is 2.69. The largest absolute Gasteiger partial charge is 0.508 e. The number of amides is 1. The molecule has 0 aliphatic rings. The summed E-state index contributed by atoms with van der Waals surface area (Å²) >= 11 is 5.80. The fourth-order valence-electron chi connectivity index (χ4n) is 1.30. The van der Waals surface area contributed by atoms with E-state index in [1.165, 1.54) is 18.3 Å². The molecule has 2 rings (SSSR count). The van der Waals surface area contributed by atoms with Crippen molar-refractivity contribution in [2.75, 3.05) is 5.32 Å². The Bertz CT molecular complexity index is 540. The molecule has 17 heavy (non-hydrogen) atoms. The van der Waals surface area contributed by atoms with Crippen LogP contribution in [0.25, 0.3) is 0 Å². The van der Waals surface area contributed by atoms with Crippen LogP contribution in [0.4, 0.5) is 5.69 Å². The summed E-state index contributed by atoms with van der Waals surface area (Å²) in [5.41, 5.74) is 0.884. The summed E-state index contributed by atoms with van der Waals surface area (Å²) in [5, 5.41) is 11.9. The van der Waals surface area contributed by atoms with Crippen LogP contribution in [0.15, 0.2) is 42.6 Å². The molecule has 1 aromatic carbocycles. The van der Waals surface area contributed by atoms with E-state index in [0.717, 1.165) is 0 Å². The van der Waals surface area contributed by atoms with E-state index in [2.05, 4.69) is 10.3 Å². The van der Waals surface area contributed by atoms with Crippen molar-refractivity contribution in [3.05, 3.63) is 53.3 Å². The molecule has 4 nitrogen and oxygen atoms in total. The van der Waals surface area contributed by atoms with Gasteiger partial charge in [-0.3, -0.25) is 4.79 Å². The number of halogens is 1. The molecule has 86 valence electrons. The number of phenolic OH excluding ortho intramolecular Hbond substituents is 1. The molecule has 1 aromatic heterocycles. The van der Waals surface area contributed by atoms with Gasteiger partial charge in [-0.25, -0.2) is 4.98 Å². The van der Waals surface area contributed by atoms with Crippen LogP contribution >= 0.6 is 11.6 Å². The third kappa shape index (κ3) is 2.73. The van der Waals surface area contributed by atoms with Crippen LogP contribution < -0.4 is 5.32 Å². The van der Waals surface area contributed by atoms with E-state index in [4.69, 9.17) is 16.7 Å². The zero-order valence-electron chi connectivity index (χ0n) is 8.72. The van der Waals surface area contributed by atoms with Crippen molar-refractivity contribution >= 4 is 23.2 Å². The Balaban J connectivity index is 2.17. The van der Waals surface area contributed by atoms with Gasteiger partial charge in [0.2, 0.25) is 0 Å². The van der Waals surface area contributed by atoms with Gasteiger partial charge in [0, 0.05) is 11.9 Å². The number of carbonyl (C=O) groups is 1. The number of phenols is 1. The normalized spacial score (nSPS) is 9.94. The lowest BCUT2D eigenvalue weighted by Gasteiger charge is -2.05. The van der Waals surface area contributed by atoms with Crippen molar-refractivity contribution in [2.45, 2.75) is 0 Å². The van der Waals surface area contributed by atoms with Crippen molar-refractivity contribution in [1.29, 1.82) is 0 Å². The lowest BCUT2D eigenvalue weighted by atomic mass is 10.2. The third-order valence-electron chi connectivity index (χ3n) is 2.13. The van der Waals surface area contributed by atoms with Crippen molar-refractivity contribution in [3.8, 4) is 5.75 Å². The Morgan fingerprint density at radius 1 is 1.24 bits per heavy atom. The van der Waals surface area contributed by atoms with Crippen molar-refractivity contribution in [3.63, 3.8) is 0 Å². The highest BCUT2D eigenvalue weighted by atomic mass is 35.5. The lowest BCUT2D eigenvalue weighted by molar-refractivity contribution is 0.102. The first-order valence-electron chi connectivity index (χ1n) is 4.88. The van der Waals surface area contributed by atoms with Crippen LogP contribution in [-0.2, 0) is 0 Å². The van der Waals surface area contributed by atoms with E-state index in [0.29, 0.717) is 11.3 Å². The number of pyridine rings is 1. The van der Waals surface area contributed by atoms with Crippen molar-refractivity contribution in [1.82, 2.24) is 4.98 Å². The molecule has 0 unspecified atom stereocenters. The molecule has 0 aliphatic carbocycles. The Labute approximate surface area is 103 Å². The van der Waals surface area contributed by atoms with Crippen LogP contribution in [0.2, 0.25) is 5.15 Å². The summed E-state index contributed by atoms with van der Waals surface area (Å²) < 4.78 is 0. The summed E-state index contributed by atoms with van der Waals surface area (Å²) in [7, 11) is 0. The number of carbonyl (C=O) groups excluding carboxylic acids is 1. The zero-order chi connectivity index (χ0) is 12.3. The molecule has 0 fully saturated rings. The third-order valence-corrected chi connectivity index (χ3v) is 2.43. The first kappa shape index (κ1) is 11.4. The number of benzene rings is 1. The smallest absolute Gasteiger partial charge is 0.258 e. The molecule has 0 spiro atoms. The number of nitrogens with zero attached hydrogens (tertiary/aromatic N) is 1. The van der Waals surface area contributed by atoms with Crippen molar-refractivity contribution in [2.24, 2.45) is 0 Å². The fourth-order valence-corrected chi connectivity index (χ4v) is 1.50. The lowest BCUT2D eigenvalue weighted by Crippen LogP contribution is -2.12. The first-order chi connectivity index (χ1) is 8.16. The van der Waals surface area contributed by atoms with Gasteiger partial charge in [-0.15, -0.1) is 0 Å². The average Bonchev–Trinajstić information content (AvgIpc) is 2.32. The Morgan fingerprint density at radius 3 is 2.59 bits per heavy atom. The Hall–Kier alpha value is -2.07. The minimum atomic E-state index is -0.339. The highest BCUT2D eigenvalue weighted by Crippen LogP contribution is 2.17. The number of aromatic nitrogens is 1. The first-order valence-corrected chi connectivity index (χ1v) is 5.25. The van der Waals surface area contributed by atoms with Crippen LogP contribution in [-0.4, -0.2) is 16.0 Å². The maximum atomic E-state index is 11.8. The van der Waals surface area contributed by atoms with E-state index in [-0.39, 0.29) is 16.8 Å². The maximum Gasteiger partial charge on any atom is 0.258 e. The van der Waals surface area contributed by atoms with E-state index >= 15 is 0 Å². The van der Waals surface area contributed by atoms with Crippen LogP contribution in [0.3, 0.4) is 0 Å². The second-order valence-corrected chi connectivity index (χ2v) is 3.70. The molecule has 5 heteroatoms. The van der Waals surface area contributed by atoms with E-state index < -0.39 is 0 Å². The quantitative estimate of drug-likeness (QED) is 0.634. The van der Waals surface area contributed by atoms with Crippen molar-refractivity contribution < 1.29 is 9.90 Å². The van der Waals surface area contributed by atoms with Gasteiger partial charge in [0.1, 0.15) is 10.9 Å². The molecule has 0 saturated heterocycles. The molecule has 0 aliphatic heterocycles. The molecule has 2 aromatic rings. The van der Waals surface area contributed by atoms with Crippen LogP contribution in [0.5, 0.6) is 5.75 Å². The highest BCUT2D eigenvalue weighted by molar-refractivity contribution is 6.33. The van der Waals surface area contributed by atoms with Gasteiger partial charge in [-0.2, -0.15) is 0 Å². The van der Waals surface area contributed by atoms with Gasteiger partial charge in [0.15, 0.2) is 0 Å². The molecule has 0 bridgehead atoms. The second kappa shape index (κ2) is 4.84. The number of hydrogen-bond acceptors (Lipinski definition) is 3. The maximum absolute atomic E-state index is 11.8. The van der Waals surface area contributed by atoms with Gasteiger partial charge in [-0.1, -0.05) is 11.6 Å². The number of hydrogen-bond donors (Lipinski definition) is 2. The summed E-state index contributed by atoms with van der Waals surface area (Å²) in [5.74, 6) is -0.198. The van der Waals surface area contributed by atoms with Gasteiger partial charge in [-0.05, 0) is 36.4 Å². The Kier molecular flexibility index (Phi) is 3.25. The number of aromatic hydroxyl groups is 1. The molecule has 0 radical (unpaired) electrons.